The van der Waals surface area contributed by atoms with Gasteiger partial charge in [-0.2, -0.15) is 0 Å². The average molecular weight is 443 g/mol. The van der Waals surface area contributed by atoms with Gasteiger partial charge in [0.2, 0.25) is 5.91 Å². The lowest BCUT2D eigenvalue weighted by molar-refractivity contribution is -0.157. The third-order valence-corrected chi connectivity index (χ3v) is 6.84. The van der Waals surface area contributed by atoms with Gasteiger partial charge in [-0.1, -0.05) is 6.07 Å². The third kappa shape index (κ3) is 5.20. The fraction of sp³-hybridized carbons (Fsp3) is 0.652. The summed E-state index contributed by atoms with van der Waals surface area (Å²) < 4.78 is 0. The molecule has 3 saturated heterocycles. The predicted octanol–water partition coefficient (Wildman–Crippen LogP) is 0.133. The van der Waals surface area contributed by atoms with Gasteiger partial charge in [0.25, 0.3) is 0 Å². The van der Waals surface area contributed by atoms with Crippen LogP contribution in [-0.2, 0) is 14.4 Å². The Morgan fingerprint density at radius 1 is 1.00 bits per heavy atom. The van der Waals surface area contributed by atoms with Crippen molar-refractivity contribution in [1.29, 1.82) is 0 Å². The smallest absolute Gasteiger partial charge is 0.312 e. The Balaban J connectivity index is 1.23. The first-order valence-corrected chi connectivity index (χ1v) is 11.8. The summed E-state index contributed by atoms with van der Waals surface area (Å²) in [4.78, 5) is 51.4. The summed E-state index contributed by atoms with van der Waals surface area (Å²) in [6.07, 6.45) is 3.94. The van der Waals surface area contributed by atoms with Crippen LogP contribution in [0.2, 0.25) is 0 Å². The van der Waals surface area contributed by atoms with Crippen LogP contribution in [0.3, 0.4) is 0 Å². The van der Waals surface area contributed by atoms with Crippen LogP contribution in [0, 0.1) is 5.92 Å². The molecule has 1 unspecified atom stereocenters. The fourth-order valence-corrected chi connectivity index (χ4v) is 4.94. The summed E-state index contributed by atoms with van der Waals surface area (Å²) in [5.74, 6) is 0.400. The van der Waals surface area contributed by atoms with E-state index in [4.69, 9.17) is 0 Å². The zero-order valence-corrected chi connectivity index (χ0v) is 19.0. The molecular weight excluding hydrogens is 408 g/mol. The van der Waals surface area contributed by atoms with E-state index >= 15 is 0 Å². The first-order chi connectivity index (χ1) is 15.5. The van der Waals surface area contributed by atoms with E-state index in [1.807, 2.05) is 30.2 Å². The van der Waals surface area contributed by atoms with E-state index in [1.54, 1.807) is 0 Å². The van der Waals surface area contributed by atoms with Crippen molar-refractivity contribution in [2.45, 2.75) is 19.8 Å². The van der Waals surface area contributed by atoms with Crippen molar-refractivity contribution in [2.24, 2.45) is 5.92 Å². The molecule has 1 atom stereocenters. The zero-order valence-electron chi connectivity index (χ0n) is 19.0. The van der Waals surface area contributed by atoms with Crippen molar-refractivity contribution in [3.63, 3.8) is 0 Å². The molecule has 0 bridgehead atoms. The molecule has 174 valence electrons. The molecule has 3 amide bonds. The normalized spacial score (nSPS) is 23.1. The number of likely N-dealkylation sites (tertiary alicyclic amines) is 1. The lowest BCUT2D eigenvalue weighted by atomic mass is 9.97. The number of carbonyl (C=O) groups excluding carboxylic acids is 3. The van der Waals surface area contributed by atoms with E-state index in [-0.39, 0.29) is 12.5 Å². The molecular formula is C23H34N6O3. The summed E-state index contributed by atoms with van der Waals surface area (Å²) >= 11 is 0. The standard InChI is InChI=1S/C23H34N6O3/c1-2-26-14-15-29(23(32)22(26)31)18-21(30)28-9-5-6-19(17-28)16-25-10-12-27(13-11-25)20-7-3-4-8-24-20/h3-4,7-8,19H,2,5-6,9-18H2,1H3. The van der Waals surface area contributed by atoms with E-state index in [1.165, 1.54) is 9.80 Å². The molecule has 3 aliphatic rings. The van der Waals surface area contributed by atoms with Crippen molar-refractivity contribution >= 4 is 23.5 Å². The number of piperidine rings is 1. The van der Waals surface area contributed by atoms with Crippen molar-refractivity contribution in [3.8, 4) is 0 Å². The summed E-state index contributed by atoms with van der Waals surface area (Å²) in [6.45, 7) is 9.72. The summed E-state index contributed by atoms with van der Waals surface area (Å²) in [6, 6.07) is 6.02. The molecule has 0 radical (unpaired) electrons. The molecule has 0 saturated carbocycles. The van der Waals surface area contributed by atoms with E-state index < -0.39 is 11.8 Å². The fourth-order valence-electron chi connectivity index (χ4n) is 4.94. The summed E-state index contributed by atoms with van der Waals surface area (Å²) in [7, 11) is 0. The second kappa shape index (κ2) is 10.3. The van der Waals surface area contributed by atoms with Crippen LogP contribution >= 0.6 is 0 Å². The van der Waals surface area contributed by atoms with Gasteiger partial charge >= 0.3 is 11.8 Å². The number of hydrogen-bond acceptors (Lipinski definition) is 6. The van der Waals surface area contributed by atoms with Crippen LogP contribution in [0.4, 0.5) is 5.82 Å². The number of carbonyl (C=O) groups is 3. The molecule has 4 heterocycles. The van der Waals surface area contributed by atoms with Gasteiger partial charge in [0.05, 0.1) is 0 Å². The summed E-state index contributed by atoms with van der Waals surface area (Å²) in [5.41, 5.74) is 0. The number of pyridine rings is 1. The lowest BCUT2D eigenvalue weighted by Crippen LogP contribution is -2.57. The highest BCUT2D eigenvalue weighted by Gasteiger charge is 2.34. The minimum Gasteiger partial charge on any atom is -0.354 e. The first kappa shape index (κ1) is 22.5. The summed E-state index contributed by atoms with van der Waals surface area (Å²) in [5, 5.41) is 0. The van der Waals surface area contributed by atoms with Crippen molar-refractivity contribution < 1.29 is 14.4 Å². The number of anilines is 1. The van der Waals surface area contributed by atoms with E-state index in [2.05, 4.69) is 20.9 Å². The van der Waals surface area contributed by atoms with Gasteiger partial charge < -0.3 is 19.6 Å². The zero-order chi connectivity index (χ0) is 22.5. The number of nitrogens with zero attached hydrogens (tertiary/aromatic N) is 6. The Morgan fingerprint density at radius 2 is 1.75 bits per heavy atom. The monoisotopic (exact) mass is 442 g/mol. The highest BCUT2D eigenvalue weighted by atomic mass is 16.2. The van der Waals surface area contributed by atoms with E-state index in [0.29, 0.717) is 25.6 Å². The Morgan fingerprint density at radius 3 is 2.47 bits per heavy atom. The highest BCUT2D eigenvalue weighted by Crippen LogP contribution is 2.20. The largest absolute Gasteiger partial charge is 0.354 e. The van der Waals surface area contributed by atoms with Crippen LogP contribution in [0.25, 0.3) is 0 Å². The van der Waals surface area contributed by atoms with Gasteiger partial charge in [-0.25, -0.2) is 4.98 Å². The number of amides is 3. The molecule has 3 aliphatic heterocycles. The van der Waals surface area contributed by atoms with Gasteiger partial charge in [0.1, 0.15) is 12.4 Å². The van der Waals surface area contributed by atoms with Crippen LogP contribution in [0.15, 0.2) is 24.4 Å². The molecule has 9 nitrogen and oxygen atoms in total. The molecule has 1 aromatic heterocycles. The number of likely N-dealkylation sites (N-methyl/N-ethyl adjacent to an activating group) is 1. The average Bonchev–Trinajstić information content (AvgIpc) is 2.83. The van der Waals surface area contributed by atoms with Gasteiger partial charge in [-0.3, -0.25) is 19.3 Å². The topological polar surface area (TPSA) is 80.3 Å². The number of hydrogen-bond donors (Lipinski definition) is 0. The Kier molecular flexibility index (Phi) is 7.24. The Bertz CT molecular complexity index is 811. The molecule has 3 fully saturated rings. The van der Waals surface area contributed by atoms with E-state index in [0.717, 1.165) is 64.5 Å². The predicted molar refractivity (Wildman–Crippen MR) is 121 cm³/mol. The first-order valence-electron chi connectivity index (χ1n) is 11.8. The maximum absolute atomic E-state index is 12.9. The minimum atomic E-state index is -0.550. The van der Waals surface area contributed by atoms with Crippen molar-refractivity contribution in [1.82, 2.24) is 24.6 Å². The molecule has 0 aromatic carbocycles. The quantitative estimate of drug-likeness (QED) is 0.583. The molecule has 32 heavy (non-hydrogen) atoms. The molecule has 0 spiro atoms. The number of aromatic nitrogens is 1. The molecule has 0 aliphatic carbocycles. The maximum atomic E-state index is 12.9. The van der Waals surface area contributed by atoms with Gasteiger partial charge in [0.15, 0.2) is 0 Å². The van der Waals surface area contributed by atoms with Gasteiger partial charge in [0, 0.05) is 71.6 Å². The minimum absolute atomic E-state index is 0.0115. The van der Waals surface area contributed by atoms with Crippen LogP contribution in [0.1, 0.15) is 19.8 Å². The highest BCUT2D eigenvalue weighted by molar-refractivity contribution is 6.35. The van der Waals surface area contributed by atoms with Gasteiger partial charge in [-0.05, 0) is 37.8 Å². The van der Waals surface area contributed by atoms with Crippen molar-refractivity contribution in [2.75, 3.05) is 76.9 Å². The molecule has 1 aromatic rings. The Hall–Kier alpha value is -2.68. The van der Waals surface area contributed by atoms with Crippen LogP contribution < -0.4 is 4.90 Å². The molecule has 0 N–H and O–H groups in total. The Labute approximate surface area is 189 Å². The third-order valence-electron chi connectivity index (χ3n) is 6.84. The van der Waals surface area contributed by atoms with E-state index in [9.17, 15) is 14.4 Å². The van der Waals surface area contributed by atoms with Crippen molar-refractivity contribution in [3.05, 3.63) is 24.4 Å². The molecule has 4 rings (SSSR count). The maximum Gasteiger partial charge on any atom is 0.312 e. The second-order valence-corrected chi connectivity index (χ2v) is 8.94. The SMILES string of the molecule is CCN1CCN(CC(=O)N2CCCC(CN3CCN(c4ccccn4)CC3)C2)C(=O)C1=O. The second-order valence-electron chi connectivity index (χ2n) is 8.94. The van der Waals surface area contributed by atoms with Crippen LogP contribution in [0.5, 0.6) is 0 Å². The molecule has 9 heteroatoms. The number of piperazine rings is 2. The van der Waals surface area contributed by atoms with Gasteiger partial charge in [-0.15, -0.1) is 0 Å². The number of rotatable bonds is 6. The lowest BCUT2D eigenvalue weighted by Gasteiger charge is -2.40. The van der Waals surface area contributed by atoms with Crippen LogP contribution in [-0.4, -0.2) is 114 Å².